The molecule has 2 heterocycles. The predicted molar refractivity (Wildman–Crippen MR) is 136 cm³/mol. The molecule has 6 nitrogen and oxygen atoms in total. The van der Waals surface area contributed by atoms with Crippen molar-refractivity contribution in [3.63, 3.8) is 0 Å². The van der Waals surface area contributed by atoms with Gasteiger partial charge in [-0.05, 0) is 61.0 Å². The van der Waals surface area contributed by atoms with Crippen molar-refractivity contribution in [2.75, 3.05) is 13.1 Å². The van der Waals surface area contributed by atoms with Gasteiger partial charge in [0.05, 0.1) is 11.1 Å². The third-order valence-electron chi connectivity index (χ3n) is 5.94. The second-order valence-electron chi connectivity index (χ2n) is 8.42. The molecular formula is C25H30BN3O3S. The van der Waals surface area contributed by atoms with Gasteiger partial charge in [-0.1, -0.05) is 52.0 Å². The summed E-state index contributed by atoms with van der Waals surface area (Å²) in [5.74, 6) is 1.98. The van der Waals surface area contributed by atoms with E-state index in [9.17, 15) is 9.90 Å². The quantitative estimate of drug-likeness (QED) is 0.404. The summed E-state index contributed by atoms with van der Waals surface area (Å²) in [7, 11) is 0. The average molecular weight is 463 g/mol. The number of aromatic nitrogens is 1. The Labute approximate surface area is 200 Å². The third kappa shape index (κ3) is 5.37. The molecule has 3 aromatic rings. The molecule has 0 saturated carbocycles. The maximum atomic E-state index is 12.7. The van der Waals surface area contributed by atoms with Gasteiger partial charge in [-0.2, -0.15) is 0 Å². The minimum Gasteiger partial charge on any atom is -0.508 e. The van der Waals surface area contributed by atoms with Crippen LogP contribution in [0.15, 0.2) is 45.6 Å². The van der Waals surface area contributed by atoms with Crippen molar-refractivity contribution in [1.29, 1.82) is 5.26 Å². The lowest BCUT2D eigenvalue weighted by Crippen LogP contribution is -2.36. The molecular weight excluding hydrogens is 433 g/mol. The fraction of sp³-hybridized carbons (Fsp3) is 0.400. The number of fused-ring (bicyclic) bond motifs is 1. The van der Waals surface area contributed by atoms with E-state index in [1.165, 1.54) is 10.6 Å². The molecule has 1 N–H and O–H groups in total. The predicted octanol–water partition coefficient (Wildman–Crippen LogP) is 5.54. The molecule has 1 aromatic heterocycles. The van der Waals surface area contributed by atoms with Crippen molar-refractivity contribution in [1.82, 2.24) is 9.47 Å². The molecule has 0 bridgehead atoms. The van der Waals surface area contributed by atoms with E-state index in [-0.39, 0.29) is 24.0 Å². The van der Waals surface area contributed by atoms with E-state index >= 15 is 0 Å². The fourth-order valence-electron chi connectivity index (χ4n) is 4.09. The minimum atomic E-state index is -0.583. The number of aromatic hydroxyl groups is 1. The standard InChI is InChI=1S/C23H24BN3O3S.C2H6/c1-15(2)18-11-19-21(12-20(18)28)30-23(29)27(22(19)31)17-5-3-16(4-6-17)13-26-9-7-24(14-25)8-10-26;1-2/h3-6,11-12,15,28H,7-10,13H2,1-2H3;1-2H3. The van der Waals surface area contributed by atoms with E-state index < -0.39 is 5.76 Å². The average Bonchev–Trinajstić information content (AvgIpc) is 2.81. The molecule has 33 heavy (non-hydrogen) atoms. The van der Waals surface area contributed by atoms with Crippen molar-refractivity contribution >= 4 is 29.9 Å². The summed E-state index contributed by atoms with van der Waals surface area (Å²) in [4.78, 5) is 15.0. The molecule has 0 atom stereocenters. The van der Waals surface area contributed by atoms with Crippen LogP contribution in [-0.2, 0) is 6.54 Å². The molecule has 2 aromatic carbocycles. The van der Waals surface area contributed by atoms with Crippen LogP contribution >= 0.6 is 12.2 Å². The summed E-state index contributed by atoms with van der Waals surface area (Å²) in [6, 6.07) is 11.0. The Bertz CT molecular complexity index is 1270. The second kappa shape index (κ2) is 10.8. The topological polar surface area (TPSA) is 82.4 Å². The first-order chi connectivity index (χ1) is 15.9. The molecule has 4 rings (SSSR count). The van der Waals surface area contributed by atoms with Gasteiger partial charge in [0.15, 0.2) is 0 Å². The van der Waals surface area contributed by atoms with E-state index in [1.807, 2.05) is 52.0 Å². The molecule has 1 fully saturated rings. The maximum Gasteiger partial charge on any atom is 0.425 e. The first-order valence-corrected chi connectivity index (χ1v) is 11.9. The van der Waals surface area contributed by atoms with Crippen LogP contribution in [0.3, 0.4) is 0 Å². The number of hydrogen-bond acceptors (Lipinski definition) is 6. The summed E-state index contributed by atoms with van der Waals surface area (Å²) >= 11 is 5.63. The van der Waals surface area contributed by atoms with Gasteiger partial charge in [0, 0.05) is 18.6 Å². The Balaban J connectivity index is 0.00000149. The number of hydrogen-bond donors (Lipinski definition) is 1. The minimum absolute atomic E-state index is 0.0981. The Morgan fingerprint density at radius 2 is 1.82 bits per heavy atom. The number of phenols is 1. The van der Waals surface area contributed by atoms with Gasteiger partial charge in [-0.15, -0.1) is 0 Å². The summed E-state index contributed by atoms with van der Waals surface area (Å²) < 4.78 is 7.21. The molecule has 0 unspecified atom stereocenters. The van der Waals surface area contributed by atoms with Gasteiger partial charge < -0.3 is 14.4 Å². The number of nitrogens with zero attached hydrogens (tertiary/aromatic N) is 3. The van der Waals surface area contributed by atoms with Crippen LogP contribution in [0.25, 0.3) is 16.7 Å². The first-order valence-electron chi connectivity index (χ1n) is 11.5. The Morgan fingerprint density at radius 1 is 1.18 bits per heavy atom. The van der Waals surface area contributed by atoms with Crippen LogP contribution in [0.2, 0.25) is 12.6 Å². The van der Waals surface area contributed by atoms with Crippen molar-refractivity contribution < 1.29 is 9.52 Å². The lowest BCUT2D eigenvalue weighted by molar-refractivity contribution is 0.284. The normalized spacial score (nSPS) is 14.1. The van der Waals surface area contributed by atoms with Gasteiger partial charge in [-0.3, -0.25) is 0 Å². The molecule has 8 heteroatoms. The highest BCUT2D eigenvalue weighted by atomic mass is 32.1. The monoisotopic (exact) mass is 463 g/mol. The van der Waals surface area contributed by atoms with Crippen LogP contribution in [-0.4, -0.2) is 34.4 Å². The zero-order valence-corrected chi connectivity index (χ0v) is 20.5. The summed E-state index contributed by atoms with van der Waals surface area (Å²) in [5.41, 5.74) is 2.83. The van der Waals surface area contributed by atoms with Gasteiger partial charge >= 0.3 is 5.76 Å². The number of rotatable bonds is 4. The van der Waals surface area contributed by atoms with Crippen LogP contribution in [0.1, 0.15) is 44.7 Å². The molecule has 0 amide bonds. The van der Waals surface area contributed by atoms with Gasteiger partial charge in [0.2, 0.25) is 0 Å². The Hall–Kier alpha value is -2.89. The van der Waals surface area contributed by atoms with Crippen molar-refractivity contribution in [2.24, 2.45) is 0 Å². The zero-order valence-electron chi connectivity index (χ0n) is 19.7. The summed E-state index contributed by atoms with van der Waals surface area (Å²) in [5, 5.41) is 19.9. The highest BCUT2D eigenvalue weighted by molar-refractivity contribution is 7.71. The molecule has 0 radical (unpaired) electrons. The molecule has 0 spiro atoms. The largest absolute Gasteiger partial charge is 0.508 e. The van der Waals surface area contributed by atoms with E-state index in [4.69, 9.17) is 21.9 Å². The third-order valence-corrected chi connectivity index (χ3v) is 6.34. The smallest absolute Gasteiger partial charge is 0.425 e. The number of phenolic OH excluding ortho intramolecular Hbond substituents is 1. The van der Waals surface area contributed by atoms with Crippen molar-refractivity contribution in [3.8, 4) is 17.4 Å². The van der Waals surface area contributed by atoms with Crippen LogP contribution in [0, 0.1) is 15.9 Å². The molecule has 0 aliphatic carbocycles. The van der Waals surface area contributed by atoms with E-state index in [1.54, 1.807) is 6.07 Å². The second-order valence-corrected chi connectivity index (χ2v) is 8.80. The van der Waals surface area contributed by atoms with E-state index in [2.05, 4.69) is 10.9 Å². The zero-order chi connectivity index (χ0) is 24.1. The molecule has 1 aliphatic heterocycles. The number of nitriles is 1. The summed E-state index contributed by atoms with van der Waals surface area (Å²) in [6.07, 6.45) is 1.83. The maximum absolute atomic E-state index is 12.7. The highest BCUT2D eigenvalue weighted by Gasteiger charge is 2.22. The van der Waals surface area contributed by atoms with Crippen molar-refractivity contribution in [2.45, 2.75) is 52.8 Å². The van der Waals surface area contributed by atoms with Gasteiger partial charge in [0.25, 0.3) is 6.71 Å². The van der Waals surface area contributed by atoms with Crippen LogP contribution in [0.4, 0.5) is 0 Å². The molecule has 1 aliphatic rings. The van der Waals surface area contributed by atoms with Gasteiger partial charge in [0.1, 0.15) is 16.0 Å². The van der Waals surface area contributed by atoms with E-state index in [0.29, 0.717) is 15.7 Å². The lowest BCUT2D eigenvalue weighted by atomic mass is 9.45. The highest BCUT2D eigenvalue weighted by Crippen LogP contribution is 2.30. The SMILES string of the molecule is CC.CC(C)c1cc2c(=S)n(-c3ccc(CN4CCB(C#N)CC4)cc3)c(=O)oc2cc1O. The van der Waals surface area contributed by atoms with Gasteiger partial charge in [-0.25, -0.2) is 14.6 Å². The Morgan fingerprint density at radius 3 is 2.39 bits per heavy atom. The molecule has 1 saturated heterocycles. The van der Waals surface area contributed by atoms with Crippen LogP contribution in [0.5, 0.6) is 5.75 Å². The van der Waals surface area contributed by atoms with Crippen LogP contribution < -0.4 is 5.76 Å². The molecule has 172 valence electrons. The lowest BCUT2D eigenvalue weighted by Gasteiger charge is -2.27. The fourth-order valence-corrected chi connectivity index (χ4v) is 4.43. The van der Waals surface area contributed by atoms with Crippen molar-refractivity contribution in [3.05, 3.63) is 62.7 Å². The number of benzene rings is 2. The Kier molecular flexibility index (Phi) is 8.12. The summed E-state index contributed by atoms with van der Waals surface area (Å²) in [6.45, 7) is 10.8. The first kappa shape index (κ1) is 24.8. The van der Waals surface area contributed by atoms with E-state index in [0.717, 1.165) is 43.4 Å².